The van der Waals surface area contributed by atoms with Crippen molar-refractivity contribution >= 4 is 61.7 Å². The maximum atomic E-state index is 6.58. The lowest BCUT2D eigenvalue weighted by atomic mass is 9.88. The van der Waals surface area contributed by atoms with Crippen LogP contribution in [0.5, 0.6) is 0 Å². The van der Waals surface area contributed by atoms with Crippen molar-refractivity contribution in [2.75, 3.05) is 96.5 Å². The standard InChI is InChI=1S/C39H86O12S3Si3/c1-14-39(33-40-36(11)52-27-24-30-55(43-15-2,44-16-3)45-17-4,34-41-37(12)53-28-25-31-56(46-18-5,47-19-6)48-20-7)35-42-38(13)54-29-26-32-57(49-21-8,50-22-9)51-23-10/h36-38H,14-35H2,1-13H3. The molecule has 0 heterocycles. The summed E-state index contributed by atoms with van der Waals surface area (Å²) in [6.07, 6.45) is 3.67. The van der Waals surface area contributed by atoms with Gasteiger partial charge in [-0.3, -0.25) is 0 Å². The molecule has 0 aliphatic heterocycles. The Hall–Kier alpha value is 1.22. The van der Waals surface area contributed by atoms with E-state index >= 15 is 0 Å². The van der Waals surface area contributed by atoms with Crippen molar-refractivity contribution in [2.24, 2.45) is 5.41 Å². The molecular formula is C39H86O12S3Si3. The molecule has 0 N–H and O–H groups in total. The van der Waals surface area contributed by atoms with E-state index in [0.29, 0.717) is 79.3 Å². The molecule has 0 radical (unpaired) electrons. The second kappa shape index (κ2) is 35.7. The molecule has 0 spiro atoms. The van der Waals surface area contributed by atoms with E-state index in [1.54, 1.807) is 0 Å². The summed E-state index contributed by atoms with van der Waals surface area (Å²) in [5.41, 5.74) is -0.283. The van der Waals surface area contributed by atoms with Crippen LogP contribution in [0.25, 0.3) is 0 Å². The van der Waals surface area contributed by atoms with E-state index in [2.05, 4.69) is 27.7 Å². The normalized spacial score (nSPS) is 15.5. The molecule has 12 nitrogen and oxygen atoms in total. The SMILES string of the molecule is CCO[Si](CCCSC(C)OCC(CC)(COC(C)SCCC[Si](OCC)(OCC)OCC)COC(C)SCCC[Si](OCC)(OCC)OCC)(OCC)OCC. The van der Waals surface area contributed by atoms with E-state index in [1.165, 1.54) is 0 Å². The first kappa shape index (κ1) is 58.2. The third-order valence-electron chi connectivity index (χ3n) is 8.84. The van der Waals surface area contributed by atoms with Crippen molar-refractivity contribution in [3.05, 3.63) is 0 Å². The zero-order chi connectivity index (χ0) is 42.9. The average Bonchev–Trinajstić information content (AvgIpc) is 3.18. The second-order valence-electron chi connectivity index (χ2n) is 13.4. The highest BCUT2D eigenvalue weighted by Gasteiger charge is 2.42. The van der Waals surface area contributed by atoms with Crippen LogP contribution in [0.15, 0.2) is 0 Å². The lowest BCUT2D eigenvalue weighted by Gasteiger charge is -2.35. The van der Waals surface area contributed by atoms with Gasteiger partial charge in [0.25, 0.3) is 0 Å². The zero-order valence-electron chi connectivity index (χ0n) is 38.4. The largest absolute Gasteiger partial charge is 0.500 e. The zero-order valence-corrected chi connectivity index (χ0v) is 43.9. The Morgan fingerprint density at radius 2 is 0.579 bits per heavy atom. The molecule has 0 saturated heterocycles. The van der Waals surface area contributed by atoms with E-state index < -0.39 is 26.4 Å². The number of hydrogen-bond acceptors (Lipinski definition) is 15. The van der Waals surface area contributed by atoms with Gasteiger partial charge >= 0.3 is 26.4 Å². The minimum atomic E-state index is -2.66. The highest BCUT2D eigenvalue weighted by Crippen LogP contribution is 2.31. The lowest BCUT2D eigenvalue weighted by Crippen LogP contribution is -2.46. The van der Waals surface area contributed by atoms with Gasteiger partial charge in [0.15, 0.2) is 0 Å². The molecule has 3 atom stereocenters. The first-order chi connectivity index (χ1) is 27.4. The first-order valence-corrected chi connectivity index (χ1v) is 30.8. The number of ether oxygens (including phenoxy) is 3. The van der Waals surface area contributed by atoms with Crippen molar-refractivity contribution < 1.29 is 54.0 Å². The molecule has 0 aromatic rings. The number of thioether (sulfide) groups is 3. The van der Waals surface area contributed by atoms with Gasteiger partial charge in [0.2, 0.25) is 0 Å². The second-order valence-corrected chi connectivity index (χ2v) is 25.8. The van der Waals surface area contributed by atoms with Crippen LogP contribution in [0, 0.1) is 5.41 Å². The van der Waals surface area contributed by atoms with E-state index in [0.717, 1.165) is 61.1 Å². The van der Waals surface area contributed by atoms with Gasteiger partial charge in [-0.1, -0.05) is 6.92 Å². The molecule has 344 valence electrons. The highest BCUT2D eigenvalue weighted by molar-refractivity contribution is 8.00. The van der Waals surface area contributed by atoms with E-state index in [-0.39, 0.29) is 21.7 Å². The molecule has 3 unspecified atom stereocenters. The smallest absolute Gasteiger partial charge is 0.374 e. The number of rotatable bonds is 43. The van der Waals surface area contributed by atoms with Gasteiger partial charge in [-0.05, 0) is 126 Å². The fourth-order valence-corrected chi connectivity index (χ4v) is 17.1. The van der Waals surface area contributed by atoms with Crippen molar-refractivity contribution in [1.29, 1.82) is 0 Å². The van der Waals surface area contributed by atoms with Gasteiger partial charge in [0.05, 0.1) is 36.1 Å². The van der Waals surface area contributed by atoms with Crippen LogP contribution in [0.4, 0.5) is 0 Å². The number of hydrogen-bond donors (Lipinski definition) is 0. The van der Waals surface area contributed by atoms with Crippen LogP contribution in [0.3, 0.4) is 0 Å². The lowest BCUT2D eigenvalue weighted by molar-refractivity contribution is -0.0788. The molecule has 0 fully saturated rings. The molecule has 0 bridgehead atoms. The molecule has 0 saturated carbocycles. The predicted molar refractivity (Wildman–Crippen MR) is 247 cm³/mol. The average molecular weight is 928 g/mol. The summed E-state index contributed by atoms with van der Waals surface area (Å²) < 4.78 is 74.3. The summed E-state index contributed by atoms with van der Waals surface area (Å²) in [5, 5.41) is 0. The Labute approximate surface area is 366 Å². The summed E-state index contributed by atoms with van der Waals surface area (Å²) in [7, 11) is -7.97. The summed E-state index contributed by atoms with van der Waals surface area (Å²) in [6, 6.07) is 2.39. The minimum absolute atomic E-state index is 0.00720. The Morgan fingerprint density at radius 3 is 0.754 bits per heavy atom. The van der Waals surface area contributed by atoms with Crippen LogP contribution in [-0.2, 0) is 54.0 Å². The van der Waals surface area contributed by atoms with Crippen LogP contribution in [-0.4, -0.2) is 139 Å². The van der Waals surface area contributed by atoms with Crippen LogP contribution in [0.1, 0.15) is 116 Å². The molecule has 0 aromatic carbocycles. The van der Waals surface area contributed by atoms with E-state index in [1.807, 2.05) is 97.6 Å². The first-order valence-electron chi connectivity index (χ1n) is 21.9. The maximum Gasteiger partial charge on any atom is 0.500 e. The van der Waals surface area contributed by atoms with Crippen LogP contribution < -0.4 is 0 Å². The monoisotopic (exact) mass is 926 g/mol. The fourth-order valence-electron chi connectivity index (χ4n) is 6.08. The summed E-state index contributed by atoms with van der Waals surface area (Å²) in [6.45, 7) is 33.5. The third-order valence-corrected chi connectivity index (χ3v) is 21.7. The van der Waals surface area contributed by atoms with Gasteiger partial charge < -0.3 is 54.0 Å². The van der Waals surface area contributed by atoms with Gasteiger partial charge in [-0.25, -0.2) is 0 Å². The van der Waals surface area contributed by atoms with Crippen molar-refractivity contribution in [3.8, 4) is 0 Å². The predicted octanol–water partition coefficient (Wildman–Crippen LogP) is 9.99. The molecule has 18 heteroatoms. The van der Waals surface area contributed by atoms with Gasteiger partial charge in [0.1, 0.15) is 0 Å². The molecule has 0 aliphatic carbocycles. The van der Waals surface area contributed by atoms with E-state index in [9.17, 15) is 0 Å². The van der Waals surface area contributed by atoms with Crippen molar-refractivity contribution in [3.63, 3.8) is 0 Å². The van der Waals surface area contributed by atoms with Crippen LogP contribution in [0.2, 0.25) is 18.1 Å². The summed E-state index contributed by atoms with van der Waals surface area (Å²) in [5.74, 6) is 2.78. The fraction of sp³-hybridized carbons (Fsp3) is 1.00. The topological polar surface area (TPSA) is 111 Å². The molecule has 0 rings (SSSR count). The third kappa shape index (κ3) is 25.8. The molecule has 0 aromatic heterocycles. The Balaban J connectivity index is 5.50. The van der Waals surface area contributed by atoms with E-state index in [4.69, 9.17) is 54.0 Å². The van der Waals surface area contributed by atoms with Gasteiger partial charge in [-0.2, -0.15) is 0 Å². The molecule has 0 aliphatic rings. The van der Waals surface area contributed by atoms with Crippen molar-refractivity contribution in [1.82, 2.24) is 0 Å². The highest BCUT2D eigenvalue weighted by atomic mass is 32.2. The Morgan fingerprint density at radius 1 is 0.368 bits per heavy atom. The minimum Gasteiger partial charge on any atom is -0.374 e. The molecule has 0 amide bonds. The molecular weight excluding hydrogens is 841 g/mol. The van der Waals surface area contributed by atoms with Gasteiger partial charge in [0, 0.05) is 83.0 Å². The summed E-state index contributed by atoms with van der Waals surface area (Å²) in [4.78, 5) is 0. The van der Waals surface area contributed by atoms with Crippen molar-refractivity contribution in [2.45, 2.75) is 150 Å². The maximum absolute atomic E-state index is 6.58. The van der Waals surface area contributed by atoms with Crippen LogP contribution >= 0.6 is 35.3 Å². The quantitative estimate of drug-likeness (QED) is 0.0328. The summed E-state index contributed by atoms with van der Waals surface area (Å²) >= 11 is 5.43. The Bertz CT molecular complexity index is 765. The Kier molecular flexibility index (Phi) is 36.4. The molecule has 57 heavy (non-hydrogen) atoms. The van der Waals surface area contributed by atoms with Gasteiger partial charge in [-0.15, -0.1) is 35.3 Å².